The largest absolute Gasteiger partial charge is 0.340 e. The Labute approximate surface area is 182 Å². The number of nitrogens with one attached hydrogen (secondary N) is 1. The summed E-state index contributed by atoms with van der Waals surface area (Å²) in [5, 5.41) is 7.22. The normalized spacial score (nSPS) is 18.3. The third-order valence-electron chi connectivity index (χ3n) is 6.00. The van der Waals surface area contributed by atoms with Gasteiger partial charge in [-0.05, 0) is 31.0 Å². The summed E-state index contributed by atoms with van der Waals surface area (Å²) in [7, 11) is -3.75. The molecule has 2 aliphatic rings. The average Bonchev–Trinajstić information content (AvgIpc) is 3.45. The summed E-state index contributed by atoms with van der Waals surface area (Å²) >= 11 is 0. The topological polar surface area (TPSA) is 105 Å². The minimum atomic E-state index is -3.75. The molecule has 1 saturated heterocycles. The van der Waals surface area contributed by atoms with Gasteiger partial charge in [0.2, 0.25) is 15.9 Å². The van der Waals surface area contributed by atoms with Gasteiger partial charge in [0.15, 0.2) is 0 Å². The van der Waals surface area contributed by atoms with Crippen molar-refractivity contribution in [1.82, 2.24) is 19.0 Å². The molecule has 4 rings (SSSR count). The van der Waals surface area contributed by atoms with Crippen molar-refractivity contribution < 1.29 is 18.0 Å². The van der Waals surface area contributed by atoms with Crippen molar-refractivity contribution in [3.05, 3.63) is 42.1 Å². The molecule has 10 heteroatoms. The number of nitrogens with zero attached hydrogens (tertiary/aromatic N) is 4. The molecule has 166 valence electrons. The monoisotopic (exact) mass is 445 g/mol. The predicted molar refractivity (Wildman–Crippen MR) is 115 cm³/mol. The Hall–Kier alpha value is -2.72. The van der Waals surface area contributed by atoms with Crippen LogP contribution in [0.5, 0.6) is 0 Å². The van der Waals surface area contributed by atoms with E-state index in [1.54, 1.807) is 29.3 Å². The number of rotatable bonds is 5. The number of aromatic nitrogens is 2. The maximum absolute atomic E-state index is 13.1. The first-order chi connectivity index (χ1) is 14.9. The van der Waals surface area contributed by atoms with E-state index in [0.29, 0.717) is 18.9 Å². The Balaban J connectivity index is 1.49. The van der Waals surface area contributed by atoms with Gasteiger partial charge in [0.25, 0.3) is 5.91 Å². The molecule has 9 nitrogen and oxygen atoms in total. The van der Waals surface area contributed by atoms with Gasteiger partial charge in [-0.1, -0.05) is 18.9 Å². The molecule has 0 bridgehead atoms. The van der Waals surface area contributed by atoms with E-state index in [1.165, 1.54) is 23.4 Å². The van der Waals surface area contributed by atoms with Crippen molar-refractivity contribution >= 4 is 27.7 Å². The molecule has 1 saturated carbocycles. The molecule has 2 heterocycles. The van der Waals surface area contributed by atoms with Crippen LogP contribution in [0.15, 0.2) is 41.4 Å². The quantitative estimate of drug-likeness (QED) is 0.759. The fourth-order valence-electron chi connectivity index (χ4n) is 4.23. The molecule has 2 fully saturated rings. The van der Waals surface area contributed by atoms with Crippen molar-refractivity contribution in [2.24, 2.45) is 0 Å². The molecule has 0 radical (unpaired) electrons. The highest BCUT2D eigenvalue weighted by atomic mass is 32.2. The van der Waals surface area contributed by atoms with Gasteiger partial charge in [0.05, 0.1) is 17.1 Å². The summed E-state index contributed by atoms with van der Waals surface area (Å²) in [6, 6.07) is 8.10. The molecule has 1 N–H and O–H groups in total. The number of amides is 2. The SMILES string of the molecule is CC(=O)N1CCN(S(=O)(=O)c2cccc(C(=O)Nc3ccnn3C3CCCC3)c2)CC1. The predicted octanol–water partition coefficient (Wildman–Crippen LogP) is 2.10. The number of anilines is 1. The van der Waals surface area contributed by atoms with Crippen LogP contribution >= 0.6 is 0 Å². The standard InChI is InChI=1S/C21H27N5O4S/c1-16(27)24-11-13-25(14-12-24)31(29,30)19-8-4-5-17(15-19)21(28)23-20-9-10-22-26(20)18-6-2-3-7-18/h4-5,8-10,15,18H,2-3,6-7,11-14H2,1H3,(H,23,28). The smallest absolute Gasteiger partial charge is 0.256 e. The number of carbonyl (C=O) groups is 2. The molecular formula is C21H27N5O4S. The minimum Gasteiger partial charge on any atom is -0.340 e. The van der Waals surface area contributed by atoms with E-state index in [0.717, 1.165) is 25.7 Å². The van der Waals surface area contributed by atoms with Gasteiger partial charge in [0, 0.05) is 44.7 Å². The lowest BCUT2D eigenvalue weighted by molar-refractivity contribution is -0.129. The van der Waals surface area contributed by atoms with Gasteiger partial charge in [-0.2, -0.15) is 9.40 Å². The Kier molecular flexibility index (Phi) is 6.10. The summed E-state index contributed by atoms with van der Waals surface area (Å²) in [6.07, 6.45) is 6.04. The van der Waals surface area contributed by atoms with E-state index in [-0.39, 0.29) is 41.4 Å². The van der Waals surface area contributed by atoms with Crippen LogP contribution in [0.3, 0.4) is 0 Å². The zero-order valence-corrected chi connectivity index (χ0v) is 18.3. The summed E-state index contributed by atoms with van der Waals surface area (Å²) in [5.74, 6) is 0.177. The Morgan fingerprint density at radius 3 is 2.45 bits per heavy atom. The van der Waals surface area contributed by atoms with Crippen LogP contribution < -0.4 is 5.32 Å². The Morgan fingerprint density at radius 2 is 1.77 bits per heavy atom. The van der Waals surface area contributed by atoms with E-state index >= 15 is 0 Å². The van der Waals surface area contributed by atoms with Crippen LogP contribution in [0, 0.1) is 0 Å². The van der Waals surface area contributed by atoms with Crippen molar-refractivity contribution in [3.63, 3.8) is 0 Å². The molecule has 2 amide bonds. The van der Waals surface area contributed by atoms with Crippen molar-refractivity contribution in [3.8, 4) is 0 Å². The third kappa shape index (κ3) is 4.49. The second kappa shape index (κ2) is 8.80. The van der Waals surface area contributed by atoms with Gasteiger partial charge in [0.1, 0.15) is 5.82 Å². The van der Waals surface area contributed by atoms with Crippen LogP contribution in [-0.4, -0.2) is 65.4 Å². The zero-order chi connectivity index (χ0) is 22.0. The van der Waals surface area contributed by atoms with Gasteiger partial charge >= 0.3 is 0 Å². The third-order valence-corrected chi connectivity index (χ3v) is 7.90. The highest BCUT2D eigenvalue weighted by Gasteiger charge is 2.30. The summed E-state index contributed by atoms with van der Waals surface area (Å²) in [5.41, 5.74) is 0.266. The lowest BCUT2D eigenvalue weighted by atomic mass is 10.2. The van der Waals surface area contributed by atoms with Crippen LogP contribution in [0.25, 0.3) is 0 Å². The first-order valence-electron chi connectivity index (χ1n) is 10.6. The van der Waals surface area contributed by atoms with E-state index in [9.17, 15) is 18.0 Å². The van der Waals surface area contributed by atoms with Gasteiger partial charge < -0.3 is 10.2 Å². The van der Waals surface area contributed by atoms with Crippen LogP contribution in [0.2, 0.25) is 0 Å². The van der Waals surface area contributed by atoms with Crippen molar-refractivity contribution in [2.75, 3.05) is 31.5 Å². The summed E-state index contributed by atoms with van der Waals surface area (Å²) in [4.78, 5) is 26.0. The van der Waals surface area contributed by atoms with E-state index in [2.05, 4.69) is 10.4 Å². The maximum atomic E-state index is 13.1. The van der Waals surface area contributed by atoms with Crippen LogP contribution in [0.4, 0.5) is 5.82 Å². The van der Waals surface area contributed by atoms with E-state index in [1.807, 2.05) is 4.68 Å². The molecule has 0 unspecified atom stereocenters. The van der Waals surface area contributed by atoms with Crippen molar-refractivity contribution in [2.45, 2.75) is 43.5 Å². The molecule has 1 aliphatic heterocycles. The lowest BCUT2D eigenvalue weighted by Crippen LogP contribution is -2.49. The average molecular weight is 446 g/mol. The first-order valence-corrected chi connectivity index (χ1v) is 12.0. The molecule has 2 aromatic rings. The number of carbonyl (C=O) groups excluding carboxylic acids is 2. The summed E-state index contributed by atoms with van der Waals surface area (Å²) in [6.45, 7) is 2.67. The zero-order valence-electron chi connectivity index (χ0n) is 17.5. The number of hydrogen-bond acceptors (Lipinski definition) is 5. The van der Waals surface area contributed by atoms with Gasteiger partial charge in [-0.15, -0.1) is 0 Å². The second-order valence-corrected chi connectivity index (χ2v) is 9.93. The summed E-state index contributed by atoms with van der Waals surface area (Å²) < 4.78 is 29.3. The molecule has 0 atom stereocenters. The fraction of sp³-hybridized carbons (Fsp3) is 0.476. The Morgan fingerprint density at radius 1 is 1.06 bits per heavy atom. The number of piperazine rings is 1. The van der Waals surface area contributed by atoms with Gasteiger partial charge in [-0.3, -0.25) is 9.59 Å². The highest BCUT2D eigenvalue weighted by molar-refractivity contribution is 7.89. The number of benzene rings is 1. The molecule has 0 spiro atoms. The fourth-order valence-corrected chi connectivity index (χ4v) is 5.70. The molecule has 1 aliphatic carbocycles. The number of sulfonamides is 1. The molecule has 1 aromatic heterocycles. The second-order valence-electron chi connectivity index (χ2n) is 7.99. The molecule has 31 heavy (non-hydrogen) atoms. The number of hydrogen-bond donors (Lipinski definition) is 1. The van der Waals surface area contributed by atoms with E-state index < -0.39 is 10.0 Å². The molecular weight excluding hydrogens is 418 g/mol. The van der Waals surface area contributed by atoms with E-state index in [4.69, 9.17) is 0 Å². The lowest BCUT2D eigenvalue weighted by Gasteiger charge is -2.33. The van der Waals surface area contributed by atoms with Gasteiger partial charge in [-0.25, -0.2) is 13.1 Å². The van der Waals surface area contributed by atoms with Crippen molar-refractivity contribution in [1.29, 1.82) is 0 Å². The molecule has 1 aromatic carbocycles. The Bertz CT molecular complexity index is 1070. The first kappa shape index (κ1) is 21.5. The van der Waals surface area contributed by atoms with Crippen LogP contribution in [0.1, 0.15) is 49.0 Å². The van der Waals surface area contributed by atoms with Crippen LogP contribution in [-0.2, 0) is 14.8 Å². The highest BCUT2D eigenvalue weighted by Crippen LogP contribution is 2.31. The maximum Gasteiger partial charge on any atom is 0.256 e. The minimum absolute atomic E-state index is 0.0624.